The van der Waals surface area contributed by atoms with Crippen LogP contribution in [0.5, 0.6) is 0 Å². The Kier molecular flexibility index (Phi) is 4.88. The molecule has 0 amide bonds. The van der Waals surface area contributed by atoms with Crippen molar-refractivity contribution in [2.24, 2.45) is 11.7 Å². The number of rotatable bonds is 4. The van der Waals surface area contributed by atoms with Crippen LogP contribution < -0.4 is 5.73 Å². The predicted octanol–water partition coefficient (Wildman–Crippen LogP) is 3.56. The highest BCUT2D eigenvalue weighted by molar-refractivity contribution is 7.80. The third-order valence-corrected chi connectivity index (χ3v) is 4.00. The average Bonchev–Trinajstić information content (AvgIpc) is 2.39. The van der Waals surface area contributed by atoms with E-state index in [4.69, 9.17) is 22.7 Å². The molecule has 1 aliphatic carbocycles. The number of hydrogen-bond donors (Lipinski definition) is 1. The second-order valence-corrected chi connectivity index (χ2v) is 5.80. The van der Waals surface area contributed by atoms with Crippen molar-refractivity contribution in [1.82, 2.24) is 0 Å². The number of halogens is 1. The molecule has 0 bridgehead atoms. The lowest BCUT2D eigenvalue weighted by molar-refractivity contribution is 0.00759. The number of benzene rings is 1. The van der Waals surface area contributed by atoms with Crippen LogP contribution in [0, 0.1) is 11.7 Å². The molecule has 19 heavy (non-hydrogen) atoms. The Morgan fingerprint density at radius 3 is 2.68 bits per heavy atom. The van der Waals surface area contributed by atoms with Gasteiger partial charge in [-0.25, -0.2) is 4.39 Å². The summed E-state index contributed by atoms with van der Waals surface area (Å²) in [6, 6.07) is 4.68. The monoisotopic (exact) mass is 281 g/mol. The van der Waals surface area contributed by atoms with Crippen LogP contribution in [-0.2, 0) is 11.3 Å². The van der Waals surface area contributed by atoms with Crippen LogP contribution in [0.1, 0.15) is 43.7 Å². The standard InChI is InChI=1S/C15H20FNOS/c1-10-2-5-13(6-3-10)18-9-12-8-11(15(17)19)4-7-14(12)16/h4,7-8,10,13H,2-3,5-6,9H2,1H3,(H2,17,19). The third-order valence-electron chi connectivity index (χ3n) is 3.77. The highest BCUT2D eigenvalue weighted by atomic mass is 32.1. The van der Waals surface area contributed by atoms with E-state index in [1.807, 2.05) is 0 Å². The van der Waals surface area contributed by atoms with Gasteiger partial charge in [-0.2, -0.15) is 0 Å². The van der Waals surface area contributed by atoms with Crippen molar-refractivity contribution in [3.8, 4) is 0 Å². The van der Waals surface area contributed by atoms with Gasteiger partial charge in [0, 0.05) is 11.1 Å². The van der Waals surface area contributed by atoms with Crippen LogP contribution in [0.2, 0.25) is 0 Å². The second kappa shape index (κ2) is 6.44. The van der Waals surface area contributed by atoms with Crippen molar-refractivity contribution in [2.75, 3.05) is 0 Å². The summed E-state index contributed by atoms with van der Waals surface area (Å²) < 4.78 is 19.5. The molecule has 4 heteroatoms. The van der Waals surface area contributed by atoms with Crippen LogP contribution in [-0.4, -0.2) is 11.1 Å². The maximum atomic E-state index is 13.7. The molecule has 2 nitrogen and oxygen atoms in total. The quantitative estimate of drug-likeness (QED) is 0.857. The van der Waals surface area contributed by atoms with Crippen molar-refractivity contribution in [3.63, 3.8) is 0 Å². The topological polar surface area (TPSA) is 35.2 Å². The Labute approximate surface area is 119 Å². The van der Waals surface area contributed by atoms with E-state index in [-0.39, 0.29) is 16.9 Å². The lowest BCUT2D eigenvalue weighted by Crippen LogP contribution is -2.20. The number of nitrogens with two attached hydrogens (primary N) is 1. The minimum absolute atomic E-state index is 0.254. The number of thiocarbonyl (C=S) groups is 1. The normalized spacial score (nSPS) is 23.3. The molecule has 0 radical (unpaired) electrons. The van der Waals surface area contributed by atoms with Gasteiger partial charge in [0.15, 0.2) is 0 Å². The summed E-state index contributed by atoms with van der Waals surface area (Å²) in [7, 11) is 0. The molecule has 1 aromatic rings. The lowest BCUT2D eigenvalue weighted by atomic mass is 9.89. The Bertz CT molecular complexity index is 455. The Hall–Kier alpha value is -1.00. The fourth-order valence-corrected chi connectivity index (χ4v) is 2.57. The predicted molar refractivity (Wildman–Crippen MR) is 78.5 cm³/mol. The van der Waals surface area contributed by atoms with Gasteiger partial charge >= 0.3 is 0 Å². The van der Waals surface area contributed by atoms with Crippen molar-refractivity contribution in [3.05, 3.63) is 35.1 Å². The summed E-state index contributed by atoms with van der Waals surface area (Å²) in [6.45, 7) is 2.56. The lowest BCUT2D eigenvalue weighted by Gasteiger charge is -2.26. The summed E-state index contributed by atoms with van der Waals surface area (Å²) in [5.74, 6) is 0.527. The van der Waals surface area contributed by atoms with Gasteiger partial charge in [-0.15, -0.1) is 0 Å². The molecule has 2 rings (SSSR count). The zero-order valence-electron chi connectivity index (χ0n) is 11.2. The third kappa shape index (κ3) is 3.98. The molecule has 0 spiro atoms. The summed E-state index contributed by atoms with van der Waals surface area (Å²) in [4.78, 5) is 0.285. The smallest absolute Gasteiger partial charge is 0.128 e. The number of hydrogen-bond acceptors (Lipinski definition) is 2. The molecule has 1 fully saturated rings. The molecule has 0 aliphatic heterocycles. The first kappa shape index (κ1) is 14.4. The maximum absolute atomic E-state index is 13.7. The van der Waals surface area contributed by atoms with Crippen molar-refractivity contribution in [2.45, 2.75) is 45.3 Å². The zero-order valence-corrected chi connectivity index (χ0v) is 12.0. The van der Waals surface area contributed by atoms with Crippen LogP contribution >= 0.6 is 12.2 Å². The van der Waals surface area contributed by atoms with Crippen LogP contribution in [0.15, 0.2) is 18.2 Å². The zero-order chi connectivity index (χ0) is 13.8. The maximum Gasteiger partial charge on any atom is 0.128 e. The minimum Gasteiger partial charge on any atom is -0.389 e. The van der Waals surface area contributed by atoms with Crippen molar-refractivity contribution < 1.29 is 9.13 Å². The summed E-state index contributed by atoms with van der Waals surface area (Å²) in [5, 5.41) is 0. The molecule has 1 aromatic carbocycles. The first-order valence-electron chi connectivity index (χ1n) is 6.76. The fraction of sp³-hybridized carbons (Fsp3) is 0.533. The van der Waals surface area contributed by atoms with Crippen LogP contribution in [0.3, 0.4) is 0 Å². The first-order valence-corrected chi connectivity index (χ1v) is 7.17. The van der Waals surface area contributed by atoms with Crippen LogP contribution in [0.25, 0.3) is 0 Å². The SMILES string of the molecule is CC1CCC(OCc2cc(C(N)=S)ccc2F)CC1. The Morgan fingerprint density at radius 2 is 2.05 bits per heavy atom. The molecular formula is C15H20FNOS. The van der Waals surface area contributed by atoms with E-state index in [9.17, 15) is 4.39 Å². The Balaban J connectivity index is 1.95. The average molecular weight is 281 g/mol. The molecule has 104 valence electrons. The van der Waals surface area contributed by atoms with E-state index in [1.54, 1.807) is 12.1 Å². The number of ether oxygens (including phenoxy) is 1. The van der Waals surface area contributed by atoms with E-state index in [0.717, 1.165) is 18.8 Å². The van der Waals surface area contributed by atoms with E-state index >= 15 is 0 Å². The molecule has 1 saturated carbocycles. The van der Waals surface area contributed by atoms with Crippen molar-refractivity contribution >= 4 is 17.2 Å². The minimum atomic E-state index is -0.260. The molecule has 2 N–H and O–H groups in total. The first-order chi connectivity index (χ1) is 9.06. The summed E-state index contributed by atoms with van der Waals surface area (Å²) in [5.41, 5.74) is 6.77. The van der Waals surface area contributed by atoms with Gasteiger partial charge in [0.25, 0.3) is 0 Å². The largest absolute Gasteiger partial charge is 0.389 e. The summed E-state index contributed by atoms with van der Waals surface area (Å²) in [6.07, 6.45) is 4.78. The highest BCUT2D eigenvalue weighted by Crippen LogP contribution is 2.26. The van der Waals surface area contributed by atoms with Gasteiger partial charge in [0.1, 0.15) is 10.8 Å². The van der Waals surface area contributed by atoms with Gasteiger partial charge in [0.2, 0.25) is 0 Å². The van der Waals surface area contributed by atoms with Gasteiger partial charge in [-0.1, -0.05) is 19.1 Å². The molecule has 0 unspecified atom stereocenters. The van der Waals surface area contributed by atoms with E-state index in [0.29, 0.717) is 17.7 Å². The molecule has 0 heterocycles. The van der Waals surface area contributed by atoms with Gasteiger partial charge < -0.3 is 10.5 Å². The fourth-order valence-electron chi connectivity index (χ4n) is 2.44. The van der Waals surface area contributed by atoms with Gasteiger partial charge in [0.05, 0.1) is 12.7 Å². The van der Waals surface area contributed by atoms with Gasteiger partial charge in [-0.05, 0) is 49.8 Å². The van der Waals surface area contributed by atoms with Crippen LogP contribution in [0.4, 0.5) is 4.39 Å². The second-order valence-electron chi connectivity index (χ2n) is 5.36. The van der Waals surface area contributed by atoms with E-state index in [2.05, 4.69) is 6.92 Å². The van der Waals surface area contributed by atoms with Crippen molar-refractivity contribution in [1.29, 1.82) is 0 Å². The molecule has 0 atom stereocenters. The summed E-state index contributed by atoms with van der Waals surface area (Å²) >= 11 is 4.90. The molecule has 1 aliphatic rings. The highest BCUT2D eigenvalue weighted by Gasteiger charge is 2.19. The van der Waals surface area contributed by atoms with E-state index < -0.39 is 0 Å². The molecular weight excluding hydrogens is 261 g/mol. The Morgan fingerprint density at radius 1 is 1.37 bits per heavy atom. The van der Waals surface area contributed by atoms with Gasteiger partial charge in [-0.3, -0.25) is 0 Å². The molecule has 0 saturated heterocycles. The molecule has 0 aromatic heterocycles. The van der Waals surface area contributed by atoms with E-state index in [1.165, 1.54) is 18.9 Å².